The smallest absolute Gasteiger partial charge is 0.289 e. The normalized spacial score (nSPS) is 23.1. The third-order valence-electron chi connectivity index (χ3n) is 4.53. The van der Waals surface area contributed by atoms with Gasteiger partial charge in [-0.3, -0.25) is 4.79 Å². The summed E-state index contributed by atoms with van der Waals surface area (Å²) >= 11 is 0. The summed E-state index contributed by atoms with van der Waals surface area (Å²) in [6.45, 7) is 7.23. The Balaban J connectivity index is 2.19. The zero-order valence-corrected chi connectivity index (χ0v) is 15.2. The van der Waals surface area contributed by atoms with Crippen LogP contribution in [-0.4, -0.2) is 38.1 Å². The summed E-state index contributed by atoms with van der Waals surface area (Å²) in [7, 11) is -3.17. The number of hydrogen-bond donors (Lipinski definition) is 0. The van der Waals surface area contributed by atoms with Gasteiger partial charge in [0.05, 0.1) is 0 Å². The van der Waals surface area contributed by atoms with Gasteiger partial charge < -0.3 is 9.32 Å². The number of carbonyl (C=O) groups excluding carboxylic acids is 1. The van der Waals surface area contributed by atoms with Crippen LogP contribution in [0.15, 0.2) is 16.5 Å². The van der Waals surface area contributed by atoms with E-state index in [0.717, 1.165) is 32.1 Å². The predicted molar refractivity (Wildman–Crippen MR) is 89.9 cm³/mol. The van der Waals surface area contributed by atoms with Crippen LogP contribution in [0.3, 0.4) is 0 Å². The van der Waals surface area contributed by atoms with Crippen molar-refractivity contribution in [3.8, 4) is 0 Å². The highest BCUT2D eigenvalue weighted by molar-refractivity contribution is 7.89. The molecule has 1 aliphatic heterocycles. The number of hydrogen-bond acceptors (Lipinski definition) is 4. The molecule has 1 saturated heterocycles. The fourth-order valence-electron chi connectivity index (χ4n) is 3.20. The van der Waals surface area contributed by atoms with E-state index in [4.69, 9.17) is 4.42 Å². The van der Waals surface area contributed by atoms with Gasteiger partial charge in [0.15, 0.2) is 15.6 Å². The molecule has 0 aliphatic carbocycles. The van der Waals surface area contributed by atoms with Crippen LogP contribution in [-0.2, 0) is 15.6 Å². The molecule has 1 fully saturated rings. The van der Waals surface area contributed by atoms with Crippen LogP contribution in [0.2, 0.25) is 0 Å². The fourth-order valence-corrected chi connectivity index (χ4v) is 3.87. The topological polar surface area (TPSA) is 67.6 Å². The van der Waals surface area contributed by atoms with Crippen LogP contribution in [0.5, 0.6) is 0 Å². The first-order chi connectivity index (χ1) is 10.7. The molecule has 1 aromatic rings. The molecule has 2 heterocycles. The maximum atomic E-state index is 12.8. The van der Waals surface area contributed by atoms with Gasteiger partial charge in [-0.1, -0.05) is 20.8 Å². The second kappa shape index (κ2) is 7.07. The molecule has 1 amide bonds. The van der Waals surface area contributed by atoms with Crippen LogP contribution < -0.4 is 0 Å². The molecular formula is C17H27NO4S. The lowest BCUT2D eigenvalue weighted by molar-refractivity contribution is 0.0597. The monoisotopic (exact) mass is 341 g/mol. The number of rotatable bonds is 4. The van der Waals surface area contributed by atoms with Gasteiger partial charge in [-0.2, -0.15) is 0 Å². The van der Waals surface area contributed by atoms with Gasteiger partial charge >= 0.3 is 0 Å². The molecule has 6 heteroatoms. The van der Waals surface area contributed by atoms with Crippen LogP contribution in [0.1, 0.15) is 56.3 Å². The third kappa shape index (κ3) is 4.83. The Morgan fingerprint density at radius 2 is 2.00 bits per heavy atom. The van der Waals surface area contributed by atoms with Gasteiger partial charge in [-0.15, -0.1) is 0 Å². The second-order valence-corrected chi connectivity index (χ2v) is 9.26. The van der Waals surface area contributed by atoms with E-state index >= 15 is 0 Å². The minimum absolute atomic E-state index is 0.127. The molecular weight excluding hydrogens is 314 g/mol. The van der Waals surface area contributed by atoms with E-state index < -0.39 is 9.84 Å². The summed E-state index contributed by atoms with van der Waals surface area (Å²) in [5.74, 6) is 1.26. The number of likely N-dealkylation sites (tertiary alicyclic amines) is 1. The molecule has 0 bridgehead atoms. The highest BCUT2D eigenvalue weighted by atomic mass is 32.2. The maximum absolute atomic E-state index is 12.8. The van der Waals surface area contributed by atoms with Gasteiger partial charge in [-0.25, -0.2) is 8.42 Å². The minimum atomic E-state index is -3.17. The largest absolute Gasteiger partial charge is 0.455 e. The minimum Gasteiger partial charge on any atom is -0.455 e. The molecule has 2 rings (SSSR count). The van der Waals surface area contributed by atoms with Gasteiger partial charge in [0.1, 0.15) is 11.5 Å². The summed E-state index contributed by atoms with van der Waals surface area (Å²) in [5, 5.41) is 0. The molecule has 0 spiro atoms. The van der Waals surface area contributed by atoms with Crippen molar-refractivity contribution in [3.05, 3.63) is 23.7 Å². The van der Waals surface area contributed by atoms with Crippen molar-refractivity contribution >= 4 is 15.7 Å². The highest BCUT2D eigenvalue weighted by Crippen LogP contribution is 2.27. The van der Waals surface area contributed by atoms with E-state index in [1.54, 1.807) is 12.1 Å². The van der Waals surface area contributed by atoms with Gasteiger partial charge in [0.2, 0.25) is 0 Å². The molecule has 0 aromatic carbocycles. The van der Waals surface area contributed by atoms with E-state index in [1.165, 1.54) is 0 Å². The Kier molecular flexibility index (Phi) is 5.55. The molecule has 2 atom stereocenters. The van der Waals surface area contributed by atoms with Crippen molar-refractivity contribution in [1.82, 2.24) is 4.90 Å². The third-order valence-corrected chi connectivity index (χ3v) is 5.33. The van der Waals surface area contributed by atoms with Crippen molar-refractivity contribution in [2.24, 2.45) is 11.8 Å². The first-order valence-electron chi connectivity index (χ1n) is 8.25. The first-order valence-corrected chi connectivity index (χ1v) is 10.3. The Hall–Kier alpha value is -1.30. The van der Waals surface area contributed by atoms with Crippen molar-refractivity contribution in [3.63, 3.8) is 0 Å². The van der Waals surface area contributed by atoms with Crippen molar-refractivity contribution in [2.45, 2.75) is 51.8 Å². The summed E-state index contributed by atoms with van der Waals surface area (Å²) in [6, 6.07) is 3.38. The summed E-state index contributed by atoms with van der Waals surface area (Å²) in [6.07, 6.45) is 4.28. The lowest BCUT2D eigenvalue weighted by Gasteiger charge is -2.32. The average Bonchev–Trinajstić information content (AvgIpc) is 2.77. The van der Waals surface area contributed by atoms with Crippen molar-refractivity contribution in [2.75, 3.05) is 12.8 Å². The van der Waals surface area contributed by atoms with Gasteiger partial charge in [0.25, 0.3) is 5.91 Å². The van der Waals surface area contributed by atoms with E-state index in [-0.39, 0.29) is 23.5 Å². The lowest BCUT2D eigenvalue weighted by Crippen LogP contribution is -2.42. The second-order valence-electron chi connectivity index (χ2n) is 7.12. The van der Waals surface area contributed by atoms with Crippen LogP contribution in [0.25, 0.3) is 0 Å². The predicted octanol–water partition coefficient (Wildman–Crippen LogP) is 3.11. The molecule has 1 aromatic heterocycles. The average molecular weight is 341 g/mol. The highest BCUT2D eigenvalue weighted by Gasteiger charge is 2.31. The number of furan rings is 1. The Bertz CT molecular complexity index is 647. The first kappa shape index (κ1) is 18.0. The number of amides is 1. The van der Waals surface area contributed by atoms with E-state index in [0.29, 0.717) is 17.6 Å². The summed E-state index contributed by atoms with van der Waals surface area (Å²) in [4.78, 5) is 14.7. The molecule has 130 valence electrons. The zero-order chi connectivity index (χ0) is 17.2. The Morgan fingerprint density at radius 1 is 1.30 bits per heavy atom. The number of nitrogens with zero attached hydrogens (tertiary/aromatic N) is 1. The lowest BCUT2D eigenvalue weighted by atomic mass is 9.95. The molecule has 23 heavy (non-hydrogen) atoms. The van der Waals surface area contributed by atoms with Gasteiger partial charge in [0, 0.05) is 18.8 Å². The molecule has 0 saturated carbocycles. The summed E-state index contributed by atoms with van der Waals surface area (Å²) in [5.41, 5.74) is 0. The molecule has 1 aliphatic rings. The maximum Gasteiger partial charge on any atom is 0.289 e. The van der Waals surface area contributed by atoms with Crippen molar-refractivity contribution < 1.29 is 17.6 Å². The fraction of sp³-hybridized carbons (Fsp3) is 0.706. The standard InChI is InChI=1S/C17H27NO4S/c1-12(2)15-7-5-13(3)9-10-18(15)17(19)16-8-6-14(22-16)11-23(4,20)21/h6,8,12-13,15H,5,7,9-11H2,1-4H3/t13-,15+/m1/s1. The molecule has 0 N–H and O–H groups in total. The molecule has 5 nitrogen and oxygen atoms in total. The van der Waals surface area contributed by atoms with Gasteiger partial charge in [-0.05, 0) is 43.2 Å². The molecule has 0 unspecified atom stereocenters. The number of sulfone groups is 1. The van der Waals surface area contributed by atoms with Crippen LogP contribution in [0, 0.1) is 11.8 Å². The molecule has 0 radical (unpaired) electrons. The Morgan fingerprint density at radius 3 is 2.61 bits per heavy atom. The van der Waals surface area contributed by atoms with E-state index in [9.17, 15) is 13.2 Å². The number of carbonyl (C=O) groups is 1. The quantitative estimate of drug-likeness (QED) is 0.844. The zero-order valence-electron chi connectivity index (χ0n) is 14.4. The summed E-state index contributed by atoms with van der Waals surface area (Å²) < 4.78 is 28.2. The van der Waals surface area contributed by atoms with E-state index in [2.05, 4.69) is 20.8 Å². The van der Waals surface area contributed by atoms with Crippen molar-refractivity contribution in [1.29, 1.82) is 0 Å². The van der Waals surface area contributed by atoms with Crippen LogP contribution >= 0.6 is 0 Å². The van der Waals surface area contributed by atoms with Crippen LogP contribution in [0.4, 0.5) is 0 Å². The van der Waals surface area contributed by atoms with E-state index in [1.807, 2.05) is 4.90 Å². The SMILES string of the molecule is CC(C)[C@@H]1CC[C@@H](C)CCN1C(=O)c1ccc(CS(C)(=O)=O)o1. The Labute approximate surface area is 139 Å².